The van der Waals surface area contributed by atoms with E-state index in [2.05, 4.69) is 20.9 Å². The van der Waals surface area contributed by atoms with Gasteiger partial charge in [-0.25, -0.2) is 0 Å². The molecule has 0 aliphatic carbocycles. The average Bonchev–Trinajstić information content (AvgIpc) is 3.54. The molecule has 2 rings (SSSR count). The molecule has 0 saturated heterocycles. The van der Waals surface area contributed by atoms with Gasteiger partial charge in [0.1, 0.15) is 30.2 Å². The molecule has 4 N–H and O–H groups in total. The van der Waals surface area contributed by atoms with Gasteiger partial charge in [-0.3, -0.25) is 28.8 Å². The zero-order valence-corrected chi connectivity index (χ0v) is 40.0. The first-order chi connectivity index (χ1) is 27.8. The first kappa shape index (κ1) is 52.0. The van der Waals surface area contributed by atoms with E-state index in [1.165, 1.54) is 19.6 Å². The number of amides is 6. The molecule has 0 aliphatic heterocycles. The van der Waals surface area contributed by atoms with Gasteiger partial charge in [-0.15, -0.1) is 0 Å². The van der Waals surface area contributed by atoms with E-state index in [0.717, 1.165) is 16.5 Å². The maximum atomic E-state index is 14.6. The van der Waals surface area contributed by atoms with E-state index in [-0.39, 0.29) is 47.3 Å². The number of nitrogens with one attached hydrogen (secondary N) is 4. The average molecular weight is 860 g/mol. The summed E-state index contributed by atoms with van der Waals surface area (Å²) < 4.78 is 0. The Morgan fingerprint density at radius 1 is 0.583 bits per heavy atom. The standard InChI is InChI=1S/C45H75ClN8O6/c1-24(2)34(47-13)40(55)50-35(25(3)4)42(57)52(15)37(27(7)8)44(59)54(17)39(29(11)12)45(60)53(16)38(28(9)10)43(58)51(14)36(26(5)6)41(56)48-21-20-30-23-49-33-19-18-31(46)22-32(30)33/h18-19,22-29,34-39,47,49H,20-21H2,1-17H3,(H,48,56)(H,50,55)/t34-,35-,36-,37-,38-,39-/m0/s1. The number of halogens is 1. The van der Waals surface area contributed by atoms with E-state index >= 15 is 0 Å². The Bertz CT molecular complexity index is 1790. The van der Waals surface area contributed by atoms with Crippen molar-refractivity contribution in [1.29, 1.82) is 0 Å². The van der Waals surface area contributed by atoms with Crippen LogP contribution in [0, 0.1) is 35.5 Å². The number of hydrogen-bond acceptors (Lipinski definition) is 7. The Morgan fingerprint density at radius 3 is 1.40 bits per heavy atom. The van der Waals surface area contributed by atoms with Crippen LogP contribution in [0.15, 0.2) is 24.4 Å². The highest BCUT2D eigenvalue weighted by Crippen LogP contribution is 2.25. The molecule has 338 valence electrons. The molecule has 0 bridgehead atoms. The number of carbonyl (C=O) groups is 6. The lowest BCUT2D eigenvalue weighted by molar-refractivity contribution is -0.157. The van der Waals surface area contributed by atoms with Crippen LogP contribution in [-0.4, -0.2) is 138 Å². The number of benzene rings is 1. The minimum atomic E-state index is -0.988. The van der Waals surface area contributed by atoms with Crippen LogP contribution in [0.2, 0.25) is 5.02 Å². The molecule has 0 saturated carbocycles. The van der Waals surface area contributed by atoms with Crippen molar-refractivity contribution in [2.75, 3.05) is 41.8 Å². The summed E-state index contributed by atoms with van der Waals surface area (Å²) in [5.74, 6) is -3.92. The third-order valence-electron chi connectivity index (χ3n) is 11.5. The summed E-state index contributed by atoms with van der Waals surface area (Å²) in [7, 11) is 7.95. The largest absolute Gasteiger partial charge is 0.361 e. The topological polar surface area (TPSA) is 167 Å². The third kappa shape index (κ3) is 12.5. The second-order valence-corrected chi connectivity index (χ2v) is 18.8. The summed E-state index contributed by atoms with van der Waals surface area (Å²) in [4.78, 5) is 93.5. The molecule has 6 atom stereocenters. The Morgan fingerprint density at radius 2 is 1.00 bits per heavy atom. The monoisotopic (exact) mass is 859 g/mol. The number of aromatic nitrogens is 1. The maximum Gasteiger partial charge on any atom is 0.246 e. The molecule has 60 heavy (non-hydrogen) atoms. The predicted molar refractivity (Wildman–Crippen MR) is 240 cm³/mol. The number of fused-ring (bicyclic) bond motifs is 1. The maximum absolute atomic E-state index is 14.6. The molecule has 1 aromatic carbocycles. The highest BCUT2D eigenvalue weighted by Gasteiger charge is 2.44. The van der Waals surface area contributed by atoms with Gasteiger partial charge in [0.2, 0.25) is 35.4 Å². The highest BCUT2D eigenvalue weighted by molar-refractivity contribution is 6.31. The molecule has 15 heteroatoms. The van der Waals surface area contributed by atoms with Crippen LogP contribution < -0.4 is 16.0 Å². The number of carbonyl (C=O) groups excluding carboxylic acids is 6. The van der Waals surface area contributed by atoms with Crippen LogP contribution >= 0.6 is 11.6 Å². The van der Waals surface area contributed by atoms with Gasteiger partial charge in [-0.05, 0) is 72.7 Å². The van der Waals surface area contributed by atoms with Gasteiger partial charge in [-0.1, -0.05) is 94.7 Å². The zero-order chi connectivity index (χ0) is 46.1. The number of H-pyrrole nitrogens is 1. The van der Waals surface area contributed by atoms with Crippen molar-refractivity contribution in [3.8, 4) is 0 Å². The second kappa shape index (κ2) is 22.6. The molecular formula is C45H75ClN8O6. The van der Waals surface area contributed by atoms with Gasteiger partial charge in [0.25, 0.3) is 0 Å². The van der Waals surface area contributed by atoms with E-state index in [1.54, 1.807) is 35.2 Å². The lowest BCUT2D eigenvalue weighted by Gasteiger charge is -2.42. The van der Waals surface area contributed by atoms with Crippen molar-refractivity contribution in [3.05, 3.63) is 35.0 Å². The normalized spacial score (nSPS) is 14.9. The Balaban J connectivity index is 2.34. The number of rotatable bonds is 21. The van der Waals surface area contributed by atoms with Gasteiger partial charge in [0, 0.05) is 56.9 Å². The van der Waals surface area contributed by atoms with Crippen molar-refractivity contribution in [3.63, 3.8) is 0 Å². The first-order valence-electron chi connectivity index (χ1n) is 21.4. The molecule has 0 aliphatic rings. The van der Waals surface area contributed by atoms with Crippen molar-refractivity contribution >= 4 is 57.9 Å². The summed E-state index contributed by atoms with van der Waals surface area (Å²) >= 11 is 6.23. The summed E-state index contributed by atoms with van der Waals surface area (Å²) in [6, 6.07) is 0.486. The summed E-state index contributed by atoms with van der Waals surface area (Å²) in [5, 5.41) is 10.5. The number of hydrogen-bond donors (Lipinski definition) is 4. The fraction of sp³-hybridized carbons (Fsp3) is 0.689. The summed E-state index contributed by atoms with van der Waals surface area (Å²) in [6.45, 7) is 22.6. The van der Waals surface area contributed by atoms with Crippen LogP contribution in [-0.2, 0) is 35.2 Å². The number of nitrogens with zero attached hydrogens (tertiary/aromatic N) is 4. The molecule has 0 fully saturated rings. The SMILES string of the molecule is CN[C@H](C(=O)N[C@H](C(=O)N(C)[C@H](C(=O)N(C)[C@H](C(=O)N(C)[C@H](C(=O)N(C)[C@H](C(=O)NCCc1c[nH]c2ccc(Cl)cc12)C(C)C)C(C)C)C(C)C)C(C)C)C(C)C)C(C)C. The molecule has 0 radical (unpaired) electrons. The quantitative estimate of drug-likeness (QED) is 0.140. The van der Waals surface area contributed by atoms with Gasteiger partial charge >= 0.3 is 0 Å². The van der Waals surface area contributed by atoms with Crippen molar-refractivity contribution in [2.24, 2.45) is 35.5 Å². The molecule has 0 spiro atoms. The Labute approximate surface area is 364 Å². The Hall–Kier alpha value is -4.17. The smallest absolute Gasteiger partial charge is 0.246 e. The molecule has 0 unspecified atom stereocenters. The zero-order valence-electron chi connectivity index (χ0n) is 39.3. The van der Waals surface area contributed by atoms with Crippen molar-refractivity contribution in [2.45, 2.75) is 126 Å². The Kier molecular flexibility index (Phi) is 19.6. The van der Waals surface area contributed by atoms with Gasteiger partial charge in [-0.2, -0.15) is 0 Å². The van der Waals surface area contributed by atoms with Crippen LogP contribution in [0.1, 0.15) is 88.6 Å². The first-order valence-corrected chi connectivity index (χ1v) is 21.8. The van der Waals surface area contributed by atoms with Crippen molar-refractivity contribution in [1.82, 2.24) is 40.5 Å². The molecule has 1 aromatic heterocycles. The fourth-order valence-electron chi connectivity index (χ4n) is 8.32. The van der Waals surface area contributed by atoms with Crippen LogP contribution in [0.4, 0.5) is 0 Å². The van der Waals surface area contributed by atoms with E-state index in [1.807, 2.05) is 107 Å². The number of likely N-dealkylation sites (N-methyl/N-ethyl adjacent to an activating group) is 5. The van der Waals surface area contributed by atoms with Gasteiger partial charge in [0.05, 0.1) is 6.04 Å². The highest BCUT2D eigenvalue weighted by atomic mass is 35.5. The van der Waals surface area contributed by atoms with E-state index in [0.29, 0.717) is 18.0 Å². The molecule has 14 nitrogen and oxygen atoms in total. The lowest BCUT2D eigenvalue weighted by Crippen LogP contribution is -2.63. The fourth-order valence-corrected chi connectivity index (χ4v) is 8.49. The van der Waals surface area contributed by atoms with Crippen molar-refractivity contribution < 1.29 is 28.8 Å². The minimum Gasteiger partial charge on any atom is -0.361 e. The van der Waals surface area contributed by atoms with E-state index in [4.69, 9.17) is 11.6 Å². The third-order valence-corrected chi connectivity index (χ3v) is 11.8. The van der Waals surface area contributed by atoms with Gasteiger partial charge in [0.15, 0.2) is 0 Å². The van der Waals surface area contributed by atoms with Crippen LogP contribution in [0.3, 0.4) is 0 Å². The van der Waals surface area contributed by atoms with Gasteiger partial charge < -0.3 is 40.5 Å². The van der Waals surface area contributed by atoms with E-state index < -0.39 is 59.9 Å². The van der Waals surface area contributed by atoms with Crippen LogP contribution in [0.25, 0.3) is 10.9 Å². The summed E-state index contributed by atoms with van der Waals surface area (Å²) in [5.41, 5.74) is 1.96. The molecular weight excluding hydrogens is 784 g/mol. The molecule has 6 amide bonds. The lowest BCUT2D eigenvalue weighted by atomic mass is 9.93. The minimum absolute atomic E-state index is 0.0201. The number of aromatic amines is 1. The predicted octanol–water partition coefficient (Wildman–Crippen LogP) is 4.80. The molecule has 2 aromatic rings. The van der Waals surface area contributed by atoms with Crippen LogP contribution in [0.5, 0.6) is 0 Å². The molecule has 1 heterocycles. The second-order valence-electron chi connectivity index (χ2n) is 18.3. The van der Waals surface area contributed by atoms with E-state index in [9.17, 15) is 28.8 Å². The summed E-state index contributed by atoms with van der Waals surface area (Å²) in [6.07, 6.45) is 2.45.